The number of rotatable bonds is 4. The van der Waals surface area contributed by atoms with E-state index in [1.165, 1.54) is 12.8 Å². The lowest BCUT2D eigenvalue weighted by atomic mass is 9.92. The second kappa shape index (κ2) is 4.65. The molecule has 0 unspecified atom stereocenters. The lowest BCUT2D eigenvalue weighted by Gasteiger charge is -2.19. The van der Waals surface area contributed by atoms with Gasteiger partial charge in [0.15, 0.2) is 0 Å². The molecule has 1 aliphatic carbocycles. The van der Waals surface area contributed by atoms with Gasteiger partial charge in [0.25, 0.3) is 5.91 Å². The largest absolute Gasteiger partial charge is 0.350 e. The summed E-state index contributed by atoms with van der Waals surface area (Å²) in [5.41, 5.74) is 0.700. The quantitative estimate of drug-likeness (QED) is 0.895. The molecule has 1 heterocycles. The number of hydrogen-bond acceptors (Lipinski definition) is 2. The molecular weight excluding hydrogens is 236 g/mol. The molecular formula is C13H17ClN2O. The van der Waals surface area contributed by atoms with E-state index >= 15 is 0 Å². The maximum atomic E-state index is 11.9. The summed E-state index contributed by atoms with van der Waals surface area (Å²) in [5.74, 6) is 0.467. The zero-order chi connectivity index (χ0) is 12.5. The molecule has 0 bridgehead atoms. The van der Waals surface area contributed by atoms with Gasteiger partial charge in [0.1, 0.15) is 5.69 Å². The molecule has 1 aliphatic rings. The number of pyridine rings is 1. The van der Waals surface area contributed by atoms with Gasteiger partial charge in [-0.25, -0.2) is 0 Å². The van der Waals surface area contributed by atoms with Gasteiger partial charge in [-0.15, -0.1) is 0 Å². The third kappa shape index (κ3) is 2.78. The van der Waals surface area contributed by atoms with Gasteiger partial charge in [0.2, 0.25) is 0 Å². The fraction of sp³-hybridized carbons (Fsp3) is 0.538. The Morgan fingerprint density at radius 2 is 2.29 bits per heavy atom. The number of carbonyl (C=O) groups is 1. The van der Waals surface area contributed by atoms with Crippen molar-refractivity contribution in [2.24, 2.45) is 11.3 Å². The normalized spacial score (nSPS) is 16.9. The van der Waals surface area contributed by atoms with Gasteiger partial charge in [-0.1, -0.05) is 25.4 Å². The smallest absolute Gasteiger partial charge is 0.269 e. The first kappa shape index (κ1) is 12.4. The van der Waals surface area contributed by atoms with Crippen LogP contribution in [0.25, 0.3) is 0 Å². The monoisotopic (exact) mass is 252 g/mol. The van der Waals surface area contributed by atoms with Crippen LogP contribution in [0.2, 0.25) is 5.02 Å². The second-order valence-corrected chi connectivity index (χ2v) is 5.50. The Bertz CT molecular complexity index is 427. The first-order valence-corrected chi connectivity index (χ1v) is 6.31. The number of amides is 1. The Hall–Kier alpha value is -1.09. The summed E-state index contributed by atoms with van der Waals surface area (Å²) < 4.78 is 0. The van der Waals surface area contributed by atoms with Gasteiger partial charge in [-0.05, 0) is 36.3 Å². The van der Waals surface area contributed by atoms with Crippen molar-refractivity contribution in [2.75, 3.05) is 6.54 Å². The molecule has 0 atom stereocenters. The first-order chi connectivity index (χ1) is 8.03. The predicted octanol–water partition coefficient (Wildman–Crippen LogP) is 2.90. The van der Waals surface area contributed by atoms with Crippen LogP contribution < -0.4 is 5.32 Å². The van der Waals surface area contributed by atoms with Gasteiger partial charge < -0.3 is 5.32 Å². The fourth-order valence-corrected chi connectivity index (χ4v) is 2.15. The summed E-state index contributed by atoms with van der Waals surface area (Å²) in [6, 6.07) is 3.25. The molecule has 4 heteroatoms. The molecule has 0 saturated heterocycles. The highest BCUT2D eigenvalue weighted by Crippen LogP contribution is 2.51. The molecule has 1 aromatic heterocycles. The van der Waals surface area contributed by atoms with Gasteiger partial charge in [0, 0.05) is 17.8 Å². The van der Waals surface area contributed by atoms with Crippen molar-refractivity contribution in [1.82, 2.24) is 10.3 Å². The number of halogens is 1. The summed E-state index contributed by atoms with van der Waals surface area (Å²) in [4.78, 5) is 15.9. The molecule has 0 aliphatic heterocycles. The molecule has 1 fully saturated rings. The van der Waals surface area contributed by atoms with Crippen LogP contribution in [-0.4, -0.2) is 17.4 Å². The number of aromatic nitrogens is 1. The van der Waals surface area contributed by atoms with E-state index in [1.807, 2.05) is 0 Å². The summed E-state index contributed by atoms with van der Waals surface area (Å²) in [6.45, 7) is 5.14. The summed E-state index contributed by atoms with van der Waals surface area (Å²) in [6.07, 6.45) is 3.95. The zero-order valence-electron chi connectivity index (χ0n) is 10.2. The predicted molar refractivity (Wildman–Crippen MR) is 68.1 cm³/mol. The van der Waals surface area contributed by atoms with Gasteiger partial charge >= 0.3 is 0 Å². The van der Waals surface area contributed by atoms with Crippen LogP contribution >= 0.6 is 11.6 Å². The van der Waals surface area contributed by atoms with Crippen molar-refractivity contribution in [3.8, 4) is 0 Å². The molecule has 2 rings (SSSR count). The Kier molecular flexibility index (Phi) is 3.38. The molecule has 1 saturated carbocycles. The molecule has 92 valence electrons. The van der Waals surface area contributed by atoms with Gasteiger partial charge in [0.05, 0.1) is 0 Å². The standard InChI is InChI=1S/C13H17ClN2O/c1-9(2)13(4-5-13)8-16-12(17)11-7-10(14)3-6-15-11/h3,6-7,9H,4-5,8H2,1-2H3,(H,16,17). The Morgan fingerprint density at radius 3 is 2.82 bits per heavy atom. The van der Waals surface area contributed by atoms with E-state index < -0.39 is 0 Å². The SMILES string of the molecule is CC(C)C1(CNC(=O)c2cc(Cl)ccn2)CC1. The van der Waals surface area contributed by atoms with E-state index in [1.54, 1.807) is 18.3 Å². The second-order valence-electron chi connectivity index (χ2n) is 5.06. The minimum atomic E-state index is -0.139. The third-order valence-corrected chi connectivity index (χ3v) is 3.91. The summed E-state index contributed by atoms with van der Waals surface area (Å²) in [5, 5.41) is 3.49. The Morgan fingerprint density at radius 1 is 1.59 bits per heavy atom. The van der Waals surface area contributed by atoms with Crippen LogP contribution in [-0.2, 0) is 0 Å². The van der Waals surface area contributed by atoms with Gasteiger partial charge in [-0.2, -0.15) is 0 Å². The van der Waals surface area contributed by atoms with E-state index in [0.29, 0.717) is 22.0 Å². The number of hydrogen-bond donors (Lipinski definition) is 1. The van der Waals surface area contributed by atoms with Crippen molar-refractivity contribution in [3.63, 3.8) is 0 Å². The lowest BCUT2D eigenvalue weighted by molar-refractivity contribution is 0.0935. The molecule has 1 amide bonds. The number of carbonyl (C=O) groups excluding carboxylic acids is 1. The zero-order valence-corrected chi connectivity index (χ0v) is 10.9. The maximum Gasteiger partial charge on any atom is 0.269 e. The molecule has 0 spiro atoms. The van der Waals surface area contributed by atoms with E-state index in [4.69, 9.17) is 11.6 Å². The fourth-order valence-electron chi connectivity index (χ4n) is 1.99. The number of nitrogens with zero attached hydrogens (tertiary/aromatic N) is 1. The van der Waals surface area contributed by atoms with Crippen molar-refractivity contribution in [3.05, 3.63) is 29.0 Å². The average molecular weight is 253 g/mol. The van der Waals surface area contributed by atoms with Crippen LogP contribution in [0.15, 0.2) is 18.3 Å². The van der Waals surface area contributed by atoms with Gasteiger partial charge in [-0.3, -0.25) is 9.78 Å². The summed E-state index contributed by atoms with van der Waals surface area (Å²) >= 11 is 5.82. The molecule has 0 aromatic carbocycles. The maximum absolute atomic E-state index is 11.9. The van der Waals surface area contributed by atoms with Crippen LogP contribution in [0.1, 0.15) is 37.2 Å². The highest BCUT2D eigenvalue weighted by molar-refractivity contribution is 6.30. The molecule has 17 heavy (non-hydrogen) atoms. The minimum Gasteiger partial charge on any atom is -0.350 e. The minimum absolute atomic E-state index is 0.139. The van der Waals surface area contributed by atoms with E-state index in [2.05, 4.69) is 24.1 Å². The van der Waals surface area contributed by atoms with Crippen molar-refractivity contribution >= 4 is 17.5 Å². The molecule has 0 radical (unpaired) electrons. The highest BCUT2D eigenvalue weighted by Gasteiger charge is 2.45. The molecule has 1 N–H and O–H groups in total. The van der Waals surface area contributed by atoms with Crippen LogP contribution in [0, 0.1) is 11.3 Å². The van der Waals surface area contributed by atoms with E-state index in [0.717, 1.165) is 6.54 Å². The molecule has 1 aromatic rings. The van der Waals surface area contributed by atoms with Crippen molar-refractivity contribution in [1.29, 1.82) is 0 Å². The number of nitrogens with one attached hydrogen (secondary N) is 1. The van der Waals surface area contributed by atoms with Crippen molar-refractivity contribution < 1.29 is 4.79 Å². The van der Waals surface area contributed by atoms with Crippen molar-refractivity contribution in [2.45, 2.75) is 26.7 Å². The topological polar surface area (TPSA) is 42.0 Å². The highest BCUT2D eigenvalue weighted by atomic mass is 35.5. The van der Waals surface area contributed by atoms with E-state index in [-0.39, 0.29) is 5.91 Å². The Labute approximate surface area is 107 Å². The van der Waals surface area contributed by atoms with E-state index in [9.17, 15) is 4.79 Å². The Balaban J connectivity index is 1.94. The van der Waals surface area contributed by atoms with Crippen LogP contribution in [0.3, 0.4) is 0 Å². The first-order valence-electron chi connectivity index (χ1n) is 5.93. The van der Waals surface area contributed by atoms with Crippen LogP contribution in [0.4, 0.5) is 0 Å². The third-order valence-electron chi connectivity index (χ3n) is 3.67. The average Bonchev–Trinajstić information content (AvgIpc) is 3.07. The summed E-state index contributed by atoms with van der Waals surface area (Å²) in [7, 11) is 0. The van der Waals surface area contributed by atoms with Crippen LogP contribution in [0.5, 0.6) is 0 Å². The lowest BCUT2D eigenvalue weighted by Crippen LogP contribution is -2.33. The molecule has 3 nitrogen and oxygen atoms in total.